The topological polar surface area (TPSA) is 110 Å². The number of pyridine rings is 3. The van der Waals surface area contributed by atoms with Crippen LogP contribution >= 0.6 is 11.6 Å². The van der Waals surface area contributed by atoms with Gasteiger partial charge >= 0.3 is 5.97 Å². The molecular weight excluding hydrogens is 553 g/mol. The van der Waals surface area contributed by atoms with E-state index in [-0.39, 0.29) is 41.3 Å². The highest BCUT2D eigenvalue weighted by molar-refractivity contribution is 6.34. The van der Waals surface area contributed by atoms with Crippen molar-refractivity contribution in [2.45, 2.75) is 24.9 Å². The van der Waals surface area contributed by atoms with E-state index in [9.17, 15) is 19.1 Å². The van der Waals surface area contributed by atoms with Gasteiger partial charge in [-0.2, -0.15) is 4.39 Å². The summed E-state index contributed by atoms with van der Waals surface area (Å²) in [6.45, 7) is 0.166. The minimum Gasteiger partial charge on any atom is -0.493 e. The number of aromatic nitrogens is 3. The number of rotatable bonds is 8. The Balaban J connectivity index is 1.42. The molecular formula is C29H27ClFN5O5. The Kier molecular flexibility index (Phi) is 6.69. The van der Waals surface area contributed by atoms with Gasteiger partial charge in [-0.3, -0.25) is 4.79 Å². The van der Waals surface area contributed by atoms with E-state index in [0.29, 0.717) is 27.8 Å². The fourth-order valence-corrected chi connectivity index (χ4v) is 5.87. The number of carboxylic acids is 1. The molecule has 1 aliphatic heterocycles. The largest absolute Gasteiger partial charge is 0.493 e. The number of aromatic carboxylic acids is 1. The third-order valence-electron chi connectivity index (χ3n) is 7.71. The maximum absolute atomic E-state index is 14.7. The lowest BCUT2D eigenvalue weighted by Gasteiger charge is -2.31. The molecule has 1 saturated carbocycles. The van der Waals surface area contributed by atoms with E-state index < -0.39 is 17.2 Å². The quantitative estimate of drug-likeness (QED) is 0.325. The van der Waals surface area contributed by atoms with Gasteiger partial charge in [-0.1, -0.05) is 11.6 Å². The van der Waals surface area contributed by atoms with Crippen molar-refractivity contribution in [3.05, 3.63) is 75.5 Å². The molecule has 6 rings (SSSR count). The van der Waals surface area contributed by atoms with Gasteiger partial charge in [0.05, 0.1) is 41.3 Å². The normalized spacial score (nSPS) is 19.2. The van der Waals surface area contributed by atoms with Crippen molar-refractivity contribution in [3.63, 3.8) is 0 Å². The molecule has 12 heteroatoms. The Hall–Kier alpha value is -4.38. The van der Waals surface area contributed by atoms with E-state index >= 15 is 0 Å². The van der Waals surface area contributed by atoms with Crippen LogP contribution in [-0.2, 0) is 0 Å². The second-order valence-corrected chi connectivity index (χ2v) is 10.8. The number of carboxylic acid groups (broad SMARTS) is 1. The number of halogens is 2. The van der Waals surface area contributed by atoms with Crippen molar-refractivity contribution in [2.24, 2.45) is 5.92 Å². The van der Waals surface area contributed by atoms with Crippen molar-refractivity contribution < 1.29 is 23.8 Å². The highest BCUT2D eigenvalue weighted by Gasteiger charge is 2.52. The van der Waals surface area contributed by atoms with E-state index in [1.165, 1.54) is 31.6 Å². The van der Waals surface area contributed by atoms with Crippen LogP contribution < -0.4 is 24.7 Å². The smallest absolute Gasteiger partial charge is 0.341 e. The summed E-state index contributed by atoms with van der Waals surface area (Å²) < 4.78 is 27.2. The van der Waals surface area contributed by atoms with Gasteiger partial charge in [0, 0.05) is 44.0 Å². The van der Waals surface area contributed by atoms with Crippen LogP contribution in [-0.4, -0.2) is 65.5 Å². The maximum atomic E-state index is 14.7. The summed E-state index contributed by atoms with van der Waals surface area (Å²) in [5.41, 5.74) is 0.760. The fraction of sp³-hybridized carbons (Fsp3) is 0.310. The van der Waals surface area contributed by atoms with Crippen molar-refractivity contribution in [2.75, 3.05) is 37.6 Å². The third kappa shape index (κ3) is 4.69. The molecule has 3 aromatic heterocycles. The number of ether oxygens (including phenoxy) is 2. The molecule has 1 saturated heterocycles. The molecule has 0 radical (unpaired) electrons. The van der Waals surface area contributed by atoms with Crippen LogP contribution in [0.2, 0.25) is 5.02 Å². The van der Waals surface area contributed by atoms with Gasteiger partial charge < -0.3 is 28.9 Å². The highest BCUT2D eigenvalue weighted by atomic mass is 35.5. The molecule has 1 aliphatic carbocycles. The van der Waals surface area contributed by atoms with E-state index in [1.54, 1.807) is 10.8 Å². The predicted molar refractivity (Wildman–Crippen MR) is 153 cm³/mol. The first kappa shape index (κ1) is 26.8. The number of hydrogen-bond donors (Lipinski definition) is 1. The summed E-state index contributed by atoms with van der Waals surface area (Å²) in [6.07, 6.45) is 6.17. The van der Waals surface area contributed by atoms with E-state index in [2.05, 4.69) is 14.9 Å². The Morgan fingerprint density at radius 1 is 1.22 bits per heavy atom. The van der Waals surface area contributed by atoms with Crippen molar-refractivity contribution in [3.8, 4) is 17.3 Å². The van der Waals surface area contributed by atoms with E-state index in [1.807, 2.05) is 37.2 Å². The number of fused-ring (bicyclic) bond motifs is 2. The minimum absolute atomic E-state index is 0.0468. The average molecular weight is 580 g/mol. The standard InChI is InChI=1S/C29H27ClFN5O5/c1-34(2)25-5-4-16(12-33-25)35-13-19(29(38)39)27(37)18-10-20(30)23(11-22(18)35)36-17(8-15-9-21(15)36)14-41-28-26(31)24(40-3)6-7-32-28/h4-7,10-13,15,17,21H,8-9,14H2,1-3H3,(H,38,39)/t15-,17+,21+/m0/s1. The molecule has 41 heavy (non-hydrogen) atoms. The second kappa shape index (κ2) is 10.2. The zero-order valence-electron chi connectivity index (χ0n) is 22.5. The lowest BCUT2D eigenvalue weighted by Crippen LogP contribution is -2.37. The molecule has 2 fully saturated rings. The first-order valence-corrected chi connectivity index (χ1v) is 13.4. The van der Waals surface area contributed by atoms with Gasteiger partial charge in [0.25, 0.3) is 5.88 Å². The molecule has 0 spiro atoms. The van der Waals surface area contributed by atoms with Gasteiger partial charge in [0.2, 0.25) is 11.2 Å². The van der Waals surface area contributed by atoms with Crippen LogP contribution in [0, 0.1) is 11.7 Å². The fourth-order valence-electron chi connectivity index (χ4n) is 5.61. The lowest BCUT2D eigenvalue weighted by molar-refractivity contribution is 0.0695. The monoisotopic (exact) mass is 579 g/mol. The van der Waals surface area contributed by atoms with Crippen LogP contribution in [0.15, 0.2) is 53.7 Å². The Labute approximate surface area is 239 Å². The van der Waals surface area contributed by atoms with Crippen molar-refractivity contribution in [1.82, 2.24) is 14.5 Å². The molecule has 0 amide bonds. The first-order chi connectivity index (χ1) is 19.7. The van der Waals surface area contributed by atoms with Gasteiger partial charge in [-0.25, -0.2) is 14.8 Å². The highest BCUT2D eigenvalue weighted by Crippen LogP contribution is 2.51. The van der Waals surface area contributed by atoms with E-state index in [4.69, 9.17) is 21.1 Å². The second-order valence-electron chi connectivity index (χ2n) is 10.4. The van der Waals surface area contributed by atoms with Crippen LogP contribution in [0.25, 0.3) is 16.6 Å². The SMILES string of the molecule is COc1ccnc(OC[C@H]2C[C@H]3C[C@H]3N2c2cc3c(cc2Cl)c(=O)c(C(=O)O)cn3-c2ccc(N(C)C)nc2)c1F. The molecule has 4 aromatic rings. The summed E-state index contributed by atoms with van der Waals surface area (Å²) in [7, 11) is 5.11. The predicted octanol–water partition coefficient (Wildman–Crippen LogP) is 4.39. The zero-order valence-corrected chi connectivity index (χ0v) is 23.3. The van der Waals surface area contributed by atoms with E-state index in [0.717, 1.165) is 18.7 Å². The van der Waals surface area contributed by atoms with Crippen molar-refractivity contribution in [1.29, 1.82) is 0 Å². The summed E-state index contributed by atoms with van der Waals surface area (Å²) in [4.78, 5) is 37.7. The Morgan fingerprint density at radius 2 is 2.02 bits per heavy atom. The number of piperidine rings is 1. The van der Waals surface area contributed by atoms with Gasteiger partial charge in [-0.05, 0) is 43.0 Å². The van der Waals surface area contributed by atoms with Crippen LogP contribution in [0.3, 0.4) is 0 Å². The molecule has 2 aliphatic rings. The Bertz CT molecular complexity index is 1730. The number of carbonyl (C=O) groups is 1. The third-order valence-corrected chi connectivity index (χ3v) is 8.02. The molecule has 10 nitrogen and oxygen atoms in total. The van der Waals surface area contributed by atoms with Crippen LogP contribution in [0.5, 0.6) is 11.6 Å². The van der Waals surface area contributed by atoms with Crippen LogP contribution in [0.1, 0.15) is 23.2 Å². The van der Waals surface area contributed by atoms with Crippen molar-refractivity contribution >= 4 is 40.0 Å². The van der Waals surface area contributed by atoms with Gasteiger partial charge in [0.15, 0.2) is 5.75 Å². The number of hydrogen-bond acceptors (Lipinski definition) is 8. The molecule has 4 heterocycles. The molecule has 212 valence electrons. The number of anilines is 2. The summed E-state index contributed by atoms with van der Waals surface area (Å²) in [5, 5.41) is 10.3. The molecule has 3 atom stereocenters. The molecule has 1 aromatic carbocycles. The number of nitrogens with zero attached hydrogens (tertiary/aromatic N) is 5. The summed E-state index contributed by atoms with van der Waals surface area (Å²) >= 11 is 6.79. The van der Waals surface area contributed by atoms with Crippen LogP contribution in [0.4, 0.5) is 15.9 Å². The Morgan fingerprint density at radius 3 is 2.71 bits per heavy atom. The lowest BCUT2D eigenvalue weighted by atomic mass is 10.1. The average Bonchev–Trinajstić information content (AvgIpc) is 3.63. The summed E-state index contributed by atoms with van der Waals surface area (Å²) in [6, 6.07) is 8.48. The van der Waals surface area contributed by atoms with Gasteiger partial charge in [0.1, 0.15) is 18.0 Å². The molecule has 1 N–H and O–H groups in total. The summed E-state index contributed by atoms with van der Waals surface area (Å²) in [5.74, 6) is -0.926. The first-order valence-electron chi connectivity index (χ1n) is 13.0. The van der Waals surface area contributed by atoms with Gasteiger partial charge in [-0.15, -0.1) is 0 Å². The maximum Gasteiger partial charge on any atom is 0.341 e. The zero-order chi connectivity index (χ0) is 29.0. The minimum atomic E-state index is -1.33. The number of benzene rings is 1. The molecule has 0 bridgehead atoms. The number of methoxy groups -OCH3 is 1. The molecule has 0 unspecified atom stereocenters.